The van der Waals surface area contributed by atoms with Crippen LogP contribution in [0.4, 0.5) is 11.4 Å². The molecule has 146 valence electrons. The molecule has 0 bridgehead atoms. The van der Waals surface area contributed by atoms with Crippen LogP contribution in [0.15, 0.2) is 42.5 Å². The van der Waals surface area contributed by atoms with Crippen LogP contribution in [0.5, 0.6) is 0 Å². The molecule has 2 aromatic rings. The van der Waals surface area contributed by atoms with Crippen molar-refractivity contribution in [1.82, 2.24) is 0 Å². The maximum atomic E-state index is 12.7. The maximum absolute atomic E-state index is 12.7. The highest BCUT2D eigenvalue weighted by atomic mass is 16.4. The number of benzene rings is 2. The summed E-state index contributed by atoms with van der Waals surface area (Å²) in [5.74, 6) is -2.16. The van der Waals surface area contributed by atoms with E-state index in [-0.39, 0.29) is 23.8 Å². The van der Waals surface area contributed by atoms with Gasteiger partial charge in [-0.25, -0.2) is 0 Å². The fraction of sp³-hybridized carbons (Fsp3) is 0.318. The lowest BCUT2D eigenvalue weighted by Crippen LogP contribution is -2.29. The zero-order valence-corrected chi connectivity index (χ0v) is 16.0. The molecule has 1 aliphatic heterocycles. The standard InChI is InChI=1S/C22H24N2O4/c1-3-14-7-5-8-15(4-2)20(14)24-13-17(12-19(24)25)21(26)23-18-10-6-9-16(11-18)22(27)28/h5-11,17H,3-4,12-13H2,1-2H3,(H,23,26)(H,27,28)/p-1/t17-/m0/s1. The number of carboxylic acids is 1. The highest BCUT2D eigenvalue weighted by molar-refractivity contribution is 6.04. The Morgan fingerprint density at radius 3 is 2.36 bits per heavy atom. The van der Waals surface area contributed by atoms with Gasteiger partial charge in [0.05, 0.1) is 11.9 Å². The van der Waals surface area contributed by atoms with E-state index < -0.39 is 11.9 Å². The van der Waals surface area contributed by atoms with E-state index in [0.717, 1.165) is 29.7 Å². The third-order valence-electron chi connectivity index (χ3n) is 5.10. The van der Waals surface area contributed by atoms with E-state index in [1.165, 1.54) is 18.2 Å². The summed E-state index contributed by atoms with van der Waals surface area (Å²) < 4.78 is 0. The van der Waals surface area contributed by atoms with E-state index in [9.17, 15) is 19.5 Å². The number of carbonyl (C=O) groups excluding carboxylic acids is 3. The largest absolute Gasteiger partial charge is 0.545 e. The number of para-hydroxylation sites is 1. The SMILES string of the molecule is CCc1cccc(CC)c1N1C[C@@H](C(=O)Nc2cccc(C(=O)[O-])c2)CC1=O. The highest BCUT2D eigenvalue weighted by Crippen LogP contribution is 2.32. The van der Waals surface area contributed by atoms with E-state index in [0.29, 0.717) is 12.2 Å². The molecule has 0 aromatic heterocycles. The number of anilines is 2. The Kier molecular flexibility index (Phi) is 5.78. The van der Waals surface area contributed by atoms with E-state index in [2.05, 4.69) is 5.32 Å². The normalized spacial score (nSPS) is 16.3. The van der Waals surface area contributed by atoms with Crippen molar-refractivity contribution in [3.8, 4) is 0 Å². The van der Waals surface area contributed by atoms with Crippen molar-refractivity contribution < 1.29 is 19.5 Å². The molecule has 1 heterocycles. The quantitative estimate of drug-likeness (QED) is 0.833. The fourth-order valence-electron chi connectivity index (χ4n) is 3.63. The number of carboxylic acid groups (broad SMARTS) is 1. The van der Waals surface area contributed by atoms with Crippen molar-refractivity contribution in [2.45, 2.75) is 33.1 Å². The lowest BCUT2D eigenvalue weighted by molar-refractivity contribution is -0.255. The third kappa shape index (κ3) is 3.91. The molecule has 1 atom stereocenters. The third-order valence-corrected chi connectivity index (χ3v) is 5.10. The molecule has 0 saturated carbocycles. The lowest BCUT2D eigenvalue weighted by atomic mass is 10.0. The molecule has 6 heteroatoms. The van der Waals surface area contributed by atoms with Gasteiger partial charge in [-0.15, -0.1) is 0 Å². The summed E-state index contributed by atoms with van der Waals surface area (Å²) in [7, 11) is 0. The minimum absolute atomic E-state index is 0.00798. The maximum Gasteiger partial charge on any atom is 0.229 e. The van der Waals surface area contributed by atoms with Crippen LogP contribution in [0.1, 0.15) is 41.8 Å². The molecule has 28 heavy (non-hydrogen) atoms. The van der Waals surface area contributed by atoms with Gasteiger partial charge in [0.1, 0.15) is 0 Å². The first kappa shape index (κ1) is 19.6. The number of hydrogen-bond donors (Lipinski definition) is 1. The number of carbonyl (C=O) groups is 3. The van der Waals surface area contributed by atoms with Crippen LogP contribution in [0.25, 0.3) is 0 Å². The van der Waals surface area contributed by atoms with E-state index in [1.807, 2.05) is 32.0 Å². The van der Waals surface area contributed by atoms with Crippen LogP contribution in [0, 0.1) is 5.92 Å². The minimum atomic E-state index is -1.30. The molecule has 0 aliphatic carbocycles. The van der Waals surface area contributed by atoms with Crippen LogP contribution in [0.3, 0.4) is 0 Å². The number of aryl methyl sites for hydroxylation is 2. The van der Waals surface area contributed by atoms with Crippen molar-refractivity contribution in [1.29, 1.82) is 0 Å². The van der Waals surface area contributed by atoms with E-state index in [1.54, 1.807) is 11.0 Å². The molecule has 0 radical (unpaired) electrons. The first-order chi connectivity index (χ1) is 13.4. The molecular formula is C22H23N2O4-. The second-order valence-corrected chi connectivity index (χ2v) is 6.89. The Morgan fingerprint density at radius 2 is 1.75 bits per heavy atom. The molecule has 1 aliphatic rings. The summed E-state index contributed by atoms with van der Waals surface area (Å²) in [5.41, 5.74) is 3.48. The minimum Gasteiger partial charge on any atom is -0.545 e. The van der Waals surface area contributed by atoms with Gasteiger partial charge in [0.25, 0.3) is 0 Å². The van der Waals surface area contributed by atoms with Crippen LogP contribution in [-0.2, 0) is 22.4 Å². The van der Waals surface area contributed by atoms with E-state index in [4.69, 9.17) is 0 Å². The fourth-order valence-corrected chi connectivity index (χ4v) is 3.63. The number of hydrogen-bond acceptors (Lipinski definition) is 4. The Balaban J connectivity index is 1.79. The number of aromatic carboxylic acids is 1. The summed E-state index contributed by atoms with van der Waals surface area (Å²) in [6.07, 6.45) is 1.74. The van der Waals surface area contributed by atoms with Gasteiger partial charge in [0, 0.05) is 24.3 Å². The van der Waals surface area contributed by atoms with Gasteiger partial charge in [0.2, 0.25) is 11.8 Å². The predicted molar refractivity (Wildman–Crippen MR) is 105 cm³/mol. The molecule has 3 rings (SSSR count). The first-order valence-electron chi connectivity index (χ1n) is 9.48. The number of amides is 2. The Hall–Kier alpha value is -3.15. The number of rotatable bonds is 6. The zero-order valence-electron chi connectivity index (χ0n) is 16.0. The lowest BCUT2D eigenvalue weighted by Gasteiger charge is -2.23. The molecule has 6 nitrogen and oxygen atoms in total. The summed E-state index contributed by atoms with van der Waals surface area (Å²) in [5, 5.41) is 13.7. The Bertz CT molecular complexity index is 900. The summed E-state index contributed by atoms with van der Waals surface area (Å²) in [4.78, 5) is 38.1. The van der Waals surface area contributed by atoms with E-state index >= 15 is 0 Å². The Labute approximate surface area is 164 Å². The monoisotopic (exact) mass is 379 g/mol. The van der Waals surface area contributed by atoms with Gasteiger partial charge in [-0.05, 0) is 41.7 Å². The molecular weight excluding hydrogens is 356 g/mol. The first-order valence-corrected chi connectivity index (χ1v) is 9.48. The molecule has 1 fully saturated rings. The van der Waals surface area contributed by atoms with Gasteiger partial charge < -0.3 is 20.1 Å². The molecule has 0 spiro atoms. The van der Waals surface area contributed by atoms with Gasteiger partial charge in [-0.1, -0.05) is 44.2 Å². The predicted octanol–water partition coefficient (Wildman–Crippen LogP) is 2.17. The molecule has 2 aromatic carbocycles. The van der Waals surface area contributed by atoms with Gasteiger partial charge in [-0.2, -0.15) is 0 Å². The summed E-state index contributed by atoms with van der Waals surface area (Å²) >= 11 is 0. The smallest absolute Gasteiger partial charge is 0.229 e. The average molecular weight is 379 g/mol. The van der Waals surface area contributed by atoms with Crippen molar-refractivity contribution >= 4 is 29.2 Å². The number of nitrogens with zero attached hydrogens (tertiary/aromatic N) is 1. The highest BCUT2D eigenvalue weighted by Gasteiger charge is 2.36. The second-order valence-electron chi connectivity index (χ2n) is 6.89. The van der Waals surface area contributed by atoms with Gasteiger partial charge in [0.15, 0.2) is 0 Å². The summed E-state index contributed by atoms with van der Waals surface area (Å²) in [6.45, 7) is 4.41. The zero-order chi connectivity index (χ0) is 20.3. The van der Waals surface area contributed by atoms with Gasteiger partial charge in [-0.3, -0.25) is 9.59 Å². The second kappa shape index (κ2) is 8.25. The Morgan fingerprint density at radius 1 is 1.11 bits per heavy atom. The van der Waals surface area contributed by atoms with Crippen LogP contribution < -0.4 is 15.3 Å². The van der Waals surface area contributed by atoms with Crippen molar-refractivity contribution in [3.05, 3.63) is 59.2 Å². The van der Waals surface area contributed by atoms with Crippen molar-refractivity contribution in [2.75, 3.05) is 16.8 Å². The van der Waals surface area contributed by atoms with Crippen molar-refractivity contribution in [2.24, 2.45) is 5.92 Å². The average Bonchev–Trinajstić information content (AvgIpc) is 3.08. The van der Waals surface area contributed by atoms with Crippen molar-refractivity contribution in [3.63, 3.8) is 0 Å². The number of nitrogens with one attached hydrogen (secondary N) is 1. The molecule has 2 amide bonds. The topological polar surface area (TPSA) is 89.5 Å². The van der Waals surface area contributed by atoms with Crippen LogP contribution >= 0.6 is 0 Å². The molecule has 0 unspecified atom stereocenters. The van der Waals surface area contributed by atoms with Gasteiger partial charge >= 0.3 is 0 Å². The van der Waals surface area contributed by atoms with Crippen LogP contribution in [-0.4, -0.2) is 24.3 Å². The molecule has 1 saturated heterocycles. The molecule has 1 N–H and O–H groups in total. The van der Waals surface area contributed by atoms with Crippen LogP contribution in [0.2, 0.25) is 0 Å². The summed E-state index contributed by atoms with van der Waals surface area (Å²) in [6, 6.07) is 11.9.